The van der Waals surface area contributed by atoms with Crippen LogP contribution in [0.2, 0.25) is 0 Å². The number of hydrogen-bond acceptors (Lipinski definition) is 1. The first-order valence-corrected chi connectivity index (χ1v) is 5.36. The first-order chi connectivity index (χ1) is 6.81. The molecule has 0 radical (unpaired) electrons. The molecule has 0 saturated heterocycles. The van der Waals surface area contributed by atoms with Crippen LogP contribution in [0.15, 0.2) is 30.3 Å². The minimum absolute atomic E-state index is 0.219. The molecule has 14 heavy (non-hydrogen) atoms. The second kappa shape index (κ2) is 3.97. The Labute approximate surface area is 85.6 Å². The molecule has 1 nitrogen and oxygen atoms in total. The molecule has 0 aromatic heterocycles. The Hall–Kier alpha value is -1.08. The smallest absolute Gasteiger partial charge is 0.0226 e. The van der Waals surface area contributed by atoms with Crippen LogP contribution in [-0.2, 0) is 6.42 Å². The fourth-order valence-electron chi connectivity index (χ4n) is 2.00. The van der Waals surface area contributed by atoms with Crippen LogP contribution in [-0.4, -0.2) is 6.04 Å². The Kier molecular flexibility index (Phi) is 2.69. The SMILES string of the molecule is CCC(N)/C=C1\CCc2ccccc21. The highest BCUT2D eigenvalue weighted by atomic mass is 14.6. The Morgan fingerprint density at radius 1 is 1.36 bits per heavy atom. The molecular weight excluding hydrogens is 170 g/mol. The second-order valence-corrected chi connectivity index (χ2v) is 3.92. The molecular formula is C13H17N. The van der Waals surface area contributed by atoms with E-state index in [-0.39, 0.29) is 6.04 Å². The van der Waals surface area contributed by atoms with Gasteiger partial charge in [-0.15, -0.1) is 0 Å². The van der Waals surface area contributed by atoms with Crippen molar-refractivity contribution in [1.29, 1.82) is 0 Å². The van der Waals surface area contributed by atoms with Crippen molar-refractivity contribution >= 4 is 5.57 Å². The third-order valence-electron chi connectivity index (χ3n) is 2.91. The minimum atomic E-state index is 0.219. The molecule has 0 amide bonds. The predicted molar refractivity (Wildman–Crippen MR) is 61.0 cm³/mol. The highest BCUT2D eigenvalue weighted by molar-refractivity contribution is 5.72. The van der Waals surface area contributed by atoms with Gasteiger partial charge in [-0.1, -0.05) is 37.3 Å². The Morgan fingerprint density at radius 3 is 2.93 bits per heavy atom. The number of allylic oxidation sites excluding steroid dienone is 1. The summed E-state index contributed by atoms with van der Waals surface area (Å²) < 4.78 is 0. The Bertz CT molecular complexity index is 352. The van der Waals surface area contributed by atoms with Gasteiger partial charge in [-0.05, 0) is 36.0 Å². The van der Waals surface area contributed by atoms with Crippen molar-refractivity contribution in [3.05, 3.63) is 41.5 Å². The maximum absolute atomic E-state index is 5.93. The average Bonchev–Trinajstić information content (AvgIpc) is 2.62. The summed E-state index contributed by atoms with van der Waals surface area (Å²) in [6.07, 6.45) is 5.59. The van der Waals surface area contributed by atoms with Gasteiger partial charge in [0, 0.05) is 6.04 Å². The van der Waals surface area contributed by atoms with E-state index >= 15 is 0 Å². The summed E-state index contributed by atoms with van der Waals surface area (Å²) in [5.74, 6) is 0. The van der Waals surface area contributed by atoms with Gasteiger partial charge in [0.1, 0.15) is 0 Å². The van der Waals surface area contributed by atoms with E-state index in [1.54, 1.807) is 0 Å². The largest absolute Gasteiger partial charge is 0.324 e. The summed E-state index contributed by atoms with van der Waals surface area (Å²) >= 11 is 0. The lowest BCUT2D eigenvalue weighted by atomic mass is 10.0. The molecule has 1 aliphatic carbocycles. The van der Waals surface area contributed by atoms with Gasteiger partial charge < -0.3 is 5.73 Å². The highest BCUT2D eigenvalue weighted by Gasteiger charge is 2.15. The van der Waals surface area contributed by atoms with Crippen LogP contribution < -0.4 is 5.73 Å². The van der Waals surface area contributed by atoms with Crippen molar-refractivity contribution in [2.24, 2.45) is 5.73 Å². The molecule has 1 aromatic rings. The number of benzene rings is 1. The maximum atomic E-state index is 5.93. The molecule has 0 aliphatic heterocycles. The van der Waals surface area contributed by atoms with E-state index in [9.17, 15) is 0 Å². The zero-order chi connectivity index (χ0) is 9.97. The summed E-state index contributed by atoms with van der Waals surface area (Å²) in [5.41, 5.74) is 10.3. The number of nitrogens with two attached hydrogens (primary N) is 1. The van der Waals surface area contributed by atoms with E-state index in [2.05, 4.69) is 37.3 Å². The van der Waals surface area contributed by atoms with E-state index in [1.807, 2.05) is 0 Å². The van der Waals surface area contributed by atoms with Crippen molar-refractivity contribution in [2.45, 2.75) is 32.2 Å². The van der Waals surface area contributed by atoms with E-state index in [0.717, 1.165) is 12.8 Å². The second-order valence-electron chi connectivity index (χ2n) is 3.92. The molecule has 0 fully saturated rings. The van der Waals surface area contributed by atoms with E-state index < -0.39 is 0 Å². The quantitative estimate of drug-likeness (QED) is 0.757. The highest BCUT2D eigenvalue weighted by Crippen LogP contribution is 2.31. The zero-order valence-corrected chi connectivity index (χ0v) is 8.66. The number of fused-ring (bicyclic) bond motifs is 1. The lowest BCUT2D eigenvalue weighted by molar-refractivity contribution is 0.782. The average molecular weight is 187 g/mol. The summed E-state index contributed by atoms with van der Waals surface area (Å²) in [6.45, 7) is 2.13. The zero-order valence-electron chi connectivity index (χ0n) is 8.66. The first-order valence-electron chi connectivity index (χ1n) is 5.36. The van der Waals surface area contributed by atoms with Crippen LogP contribution in [0.1, 0.15) is 30.9 Å². The molecule has 0 heterocycles. The van der Waals surface area contributed by atoms with Crippen molar-refractivity contribution in [3.8, 4) is 0 Å². The Balaban J connectivity index is 2.30. The normalized spacial score (nSPS) is 19.7. The predicted octanol–water partition coefficient (Wildman–Crippen LogP) is 2.75. The van der Waals surface area contributed by atoms with Crippen LogP contribution in [0.5, 0.6) is 0 Å². The first kappa shape index (κ1) is 9.47. The van der Waals surface area contributed by atoms with Crippen LogP contribution in [0.25, 0.3) is 5.57 Å². The third-order valence-corrected chi connectivity index (χ3v) is 2.91. The van der Waals surface area contributed by atoms with Crippen LogP contribution >= 0.6 is 0 Å². The molecule has 0 saturated carbocycles. The summed E-state index contributed by atoms with van der Waals surface area (Å²) in [5, 5.41) is 0. The van der Waals surface area contributed by atoms with Gasteiger partial charge in [-0.25, -0.2) is 0 Å². The Morgan fingerprint density at radius 2 is 2.14 bits per heavy atom. The minimum Gasteiger partial charge on any atom is -0.324 e. The van der Waals surface area contributed by atoms with Gasteiger partial charge in [0.2, 0.25) is 0 Å². The van der Waals surface area contributed by atoms with E-state index in [0.29, 0.717) is 0 Å². The van der Waals surface area contributed by atoms with Crippen molar-refractivity contribution in [3.63, 3.8) is 0 Å². The fourth-order valence-corrected chi connectivity index (χ4v) is 2.00. The van der Waals surface area contributed by atoms with Crippen LogP contribution in [0.3, 0.4) is 0 Å². The molecule has 0 bridgehead atoms. The molecule has 0 spiro atoms. The van der Waals surface area contributed by atoms with Crippen LogP contribution in [0.4, 0.5) is 0 Å². The number of hydrogen-bond donors (Lipinski definition) is 1. The topological polar surface area (TPSA) is 26.0 Å². The van der Waals surface area contributed by atoms with Gasteiger partial charge in [0.25, 0.3) is 0 Å². The van der Waals surface area contributed by atoms with E-state index in [4.69, 9.17) is 5.73 Å². The molecule has 2 N–H and O–H groups in total. The molecule has 1 aromatic carbocycles. The van der Waals surface area contributed by atoms with Gasteiger partial charge >= 0.3 is 0 Å². The van der Waals surface area contributed by atoms with Crippen molar-refractivity contribution in [2.75, 3.05) is 0 Å². The summed E-state index contributed by atoms with van der Waals surface area (Å²) in [4.78, 5) is 0. The van der Waals surface area contributed by atoms with Crippen molar-refractivity contribution in [1.82, 2.24) is 0 Å². The standard InChI is InChI=1S/C13H17N/c1-2-12(14)9-11-8-7-10-5-3-4-6-13(10)11/h3-6,9,12H,2,7-8,14H2,1H3/b11-9+. The lowest BCUT2D eigenvalue weighted by Gasteiger charge is -2.05. The van der Waals surface area contributed by atoms with Crippen molar-refractivity contribution < 1.29 is 0 Å². The molecule has 1 unspecified atom stereocenters. The summed E-state index contributed by atoms with van der Waals surface area (Å²) in [7, 11) is 0. The molecule has 2 rings (SSSR count). The van der Waals surface area contributed by atoms with Gasteiger partial charge in [0.15, 0.2) is 0 Å². The van der Waals surface area contributed by atoms with Gasteiger partial charge in [-0.3, -0.25) is 0 Å². The fraction of sp³-hybridized carbons (Fsp3) is 0.385. The molecule has 1 aliphatic rings. The monoisotopic (exact) mass is 187 g/mol. The third kappa shape index (κ3) is 1.73. The number of rotatable bonds is 2. The molecule has 1 atom stereocenters. The van der Waals surface area contributed by atoms with Crippen LogP contribution in [0, 0.1) is 0 Å². The molecule has 74 valence electrons. The van der Waals surface area contributed by atoms with Gasteiger partial charge in [-0.2, -0.15) is 0 Å². The number of aryl methyl sites for hydroxylation is 1. The lowest BCUT2D eigenvalue weighted by Crippen LogP contribution is -2.15. The molecule has 1 heteroatoms. The van der Waals surface area contributed by atoms with Gasteiger partial charge in [0.05, 0.1) is 0 Å². The maximum Gasteiger partial charge on any atom is 0.0226 e. The summed E-state index contributed by atoms with van der Waals surface area (Å²) in [6, 6.07) is 8.86. The van der Waals surface area contributed by atoms with E-state index in [1.165, 1.54) is 23.1 Å².